The summed E-state index contributed by atoms with van der Waals surface area (Å²) in [6, 6.07) is 3.37. The van der Waals surface area contributed by atoms with E-state index in [9.17, 15) is 9.59 Å². The minimum Gasteiger partial charge on any atom is -0.317 e. The molecule has 1 aliphatic carbocycles. The molecule has 0 spiro atoms. The fourth-order valence-corrected chi connectivity index (χ4v) is 2.03. The van der Waals surface area contributed by atoms with Crippen LogP contribution >= 0.6 is 11.3 Å². The largest absolute Gasteiger partial charge is 0.317 e. The van der Waals surface area contributed by atoms with Crippen LogP contribution in [0, 0.1) is 5.92 Å². The maximum Gasteiger partial charge on any atom is 0.284 e. The molecule has 1 aromatic rings. The van der Waals surface area contributed by atoms with E-state index in [-0.39, 0.29) is 17.7 Å². The Morgan fingerprint density at radius 1 is 1.44 bits per heavy atom. The van der Waals surface area contributed by atoms with Crippen molar-refractivity contribution in [2.75, 3.05) is 12.4 Å². The van der Waals surface area contributed by atoms with Gasteiger partial charge in [0.15, 0.2) is 0 Å². The molecule has 2 amide bonds. The molecule has 2 rings (SSSR count). The lowest BCUT2D eigenvalue weighted by Crippen LogP contribution is -2.20. The highest BCUT2D eigenvalue weighted by atomic mass is 32.1. The lowest BCUT2D eigenvalue weighted by molar-refractivity contribution is -0.117. The van der Waals surface area contributed by atoms with Crippen LogP contribution in [0.4, 0.5) is 5.00 Å². The molecule has 0 aromatic carbocycles. The van der Waals surface area contributed by atoms with E-state index in [2.05, 4.69) is 15.6 Å². The summed E-state index contributed by atoms with van der Waals surface area (Å²) < 4.78 is 0. The van der Waals surface area contributed by atoms with Gasteiger partial charge in [-0.05, 0) is 25.0 Å². The van der Waals surface area contributed by atoms with E-state index in [4.69, 9.17) is 0 Å². The fraction of sp³-hybridized carbons (Fsp3) is 0.400. The number of hydrogen-bond acceptors (Lipinski definition) is 4. The summed E-state index contributed by atoms with van der Waals surface area (Å²) in [5.41, 5.74) is 2.22. The molecule has 0 unspecified atom stereocenters. The minimum atomic E-state index is -0.306. The molecule has 0 atom stereocenters. The molecule has 6 heteroatoms. The Balaban J connectivity index is 1.95. The quantitative estimate of drug-likeness (QED) is 0.781. The molecule has 5 nitrogen and oxygen atoms in total. The zero-order chi connectivity index (χ0) is 11.5. The molecule has 1 heterocycles. The van der Waals surface area contributed by atoms with Crippen molar-refractivity contribution in [2.45, 2.75) is 12.8 Å². The van der Waals surface area contributed by atoms with Crippen molar-refractivity contribution in [1.82, 2.24) is 5.48 Å². The number of carbonyl (C=O) groups excluding carboxylic acids is 2. The third-order valence-electron chi connectivity index (χ3n) is 2.22. The molecule has 2 N–H and O–H groups in total. The topological polar surface area (TPSA) is 67.4 Å². The van der Waals surface area contributed by atoms with E-state index in [0.717, 1.165) is 12.8 Å². The molecule has 16 heavy (non-hydrogen) atoms. The van der Waals surface area contributed by atoms with Gasteiger partial charge in [-0.3, -0.25) is 14.4 Å². The highest BCUT2D eigenvalue weighted by Crippen LogP contribution is 2.31. The van der Waals surface area contributed by atoms with E-state index in [1.165, 1.54) is 18.4 Å². The van der Waals surface area contributed by atoms with Gasteiger partial charge in [0.1, 0.15) is 0 Å². The van der Waals surface area contributed by atoms with E-state index in [0.29, 0.717) is 9.88 Å². The van der Waals surface area contributed by atoms with Gasteiger partial charge in [0, 0.05) is 5.92 Å². The maximum absolute atomic E-state index is 11.4. The van der Waals surface area contributed by atoms with Gasteiger partial charge in [0.25, 0.3) is 5.91 Å². The van der Waals surface area contributed by atoms with E-state index >= 15 is 0 Å². The number of anilines is 1. The second kappa shape index (κ2) is 4.63. The Kier molecular flexibility index (Phi) is 3.21. The number of hydroxylamine groups is 1. The second-order valence-electron chi connectivity index (χ2n) is 3.56. The Bertz CT molecular complexity index is 412. The average molecular weight is 240 g/mol. The van der Waals surface area contributed by atoms with E-state index in [1.807, 2.05) is 0 Å². The predicted molar refractivity (Wildman–Crippen MR) is 60.1 cm³/mol. The van der Waals surface area contributed by atoms with Crippen molar-refractivity contribution in [3.05, 3.63) is 17.0 Å². The van der Waals surface area contributed by atoms with Crippen LogP contribution < -0.4 is 10.8 Å². The van der Waals surface area contributed by atoms with Gasteiger partial charge >= 0.3 is 0 Å². The van der Waals surface area contributed by atoms with Crippen molar-refractivity contribution in [3.8, 4) is 0 Å². The Morgan fingerprint density at radius 2 is 2.19 bits per heavy atom. The monoisotopic (exact) mass is 240 g/mol. The number of hydrogen-bond donors (Lipinski definition) is 2. The molecule has 0 bridgehead atoms. The van der Waals surface area contributed by atoms with Crippen molar-refractivity contribution < 1.29 is 14.4 Å². The fourth-order valence-electron chi connectivity index (χ4n) is 1.24. The summed E-state index contributed by atoms with van der Waals surface area (Å²) in [6.45, 7) is 0. The zero-order valence-corrected chi connectivity index (χ0v) is 9.60. The lowest BCUT2D eigenvalue weighted by atomic mass is 10.4. The van der Waals surface area contributed by atoms with Crippen LogP contribution in [0.15, 0.2) is 12.1 Å². The Hall–Kier alpha value is -1.40. The first-order chi connectivity index (χ1) is 7.70. The number of carbonyl (C=O) groups is 2. The number of thiophene rings is 1. The SMILES string of the molecule is CONC(=O)c1ccc(NC(=O)C2CC2)s1. The average Bonchev–Trinajstić information content (AvgIpc) is 3.00. The second-order valence-corrected chi connectivity index (χ2v) is 4.65. The summed E-state index contributed by atoms with van der Waals surface area (Å²) in [5, 5.41) is 3.47. The molecule has 0 saturated heterocycles. The normalized spacial score (nSPS) is 14.6. The molecule has 0 aliphatic heterocycles. The van der Waals surface area contributed by atoms with Crippen LogP contribution in [0.1, 0.15) is 22.5 Å². The highest BCUT2D eigenvalue weighted by molar-refractivity contribution is 7.18. The molecule has 1 aromatic heterocycles. The number of amides is 2. The summed E-state index contributed by atoms with van der Waals surface area (Å²) in [6.07, 6.45) is 1.93. The van der Waals surface area contributed by atoms with E-state index in [1.54, 1.807) is 12.1 Å². The van der Waals surface area contributed by atoms with Crippen molar-refractivity contribution >= 4 is 28.2 Å². The summed E-state index contributed by atoms with van der Waals surface area (Å²) in [5.74, 6) is -0.0988. The van der Waals surface area contributed by atoms with E-state index < -0.39 is 0 Å². The van der Waals surface area contributed by atoms with Gasteiger partial charge in [-0.25, -0.2) is 5.48 Å². The number of nitrogens with one attached hydrogen (secondary N) is 2. The first-order valence-electron chi connectivity index (χ1n) is 4.94. The summed E-state index contributed by atoms with van der Waals surface area (Å²) in [7, 11) is 1.38. The molecule has 1 fully saturated rings. The Morgan fingerprint density at radius 3 is 2.81 bits per heavy atom. The smallest absolute Gasteiger partial charge is 0.284 e. The van der Waals surface area contributed by atoms with Crippen LogP contribution in [0.3, 0.4) is 0 Å². The molecule has 86 valence electrons. The number of rotatable bonds is 4. The lowest BCUT2D eigenvalue weighted by Gasteiger charge is -1.99. The van der Waals surface area contributed by atoms with Crippen LogP contribution in [0.25, 0.3) is 0 Å². The molecular formula is C10H12N2O3S. The van der Waals surface area contributed by atoms with Gasteiger partial charge in [0.05, 0.1) is 17.0 Å². The van der Waals surface area contributed by atoms with Gasteiger partial charge < -0.3 is 5.32 Å². The van der Waals surface area contributed by atoms with Gasteiger partial charge in [-0.2, -0.15) is 0 Å². The predicted octanol–water partition coefficient (Wildman–Crippen LogP) is 1.39. The van der Waals surface area contributed by atoms with Gasteiger partial charge in [-0.1, -0.05) is 0 Å². The van der Waals surface area contributed by atoms with Crippen molar-refractivity contribution in [2.24, 2.45) is 5.92 Å². The third kappa shape index (κ3) is 2.59. The third-order valence-corrected chi connectivity index (χ3v) is 3.22. The van der Waals surface area contributed by atoms with Crippen LogP contribution in [0.2, 0.25) is 0 Å². The highest BCUT2D eigenvalue weighted by Gasteiger charge is 2.29. The van der Waals surface area contributed by atoms with Crippen molar-refractivity contribution in [3.63, 3.8) is 0 Å². The zero-order valence-electron chi connectivity index (χ0n) is 8.78. The summed E-state index contributed by atoms with van der Waals surface area (Å²) >= 11 is 1.23. The molecule has 1 saturated carbocycles. The minimum absolute atomic E-state index is 0.0422. The molecular weight excluding hydrogens is 228 g/mol. The van der Waals surface area contributed by atoms with Gasteiger partial charge in [0.2, 0.25) is 5.91 Å². The maximum atomic E-state index is 11.4. The van der Waals surface area contributed by atoms with Crippen LogP contribution in [0.5, 0.6) is 0 Å². The Labute approximate surface area is 96.7 Å². The van der Waals surface area contributed by atoms with Crippen molar-refractivity contribution in [1.29, 1.82) is 0 Å². The molecule has 0 radical (unpaired) electrons. The first-order valence-corrected chi connectivity index (χ1v) is 5.76. The van der Waals surface area contributed by atoms with Gasteiger partial charge in [-0.15, -0.1) is 11.3 Å². The van der Waals surface area contributed by atoms with Crippen LogP contribution in [-0.4, -0.2) is 18.9 Å². The standard InChI is InChI=1S/C10H12N2O3S/c1-15-12-10(14)7-4-5-8(16-7)11-9(13)6-2-3-6/h4-6H,2-3H2,1H3,(H,11,13)(H,12,14). The first kappa shape index (κ1) is 11.1. The molecule has 1 aliphatic rings. The van der Waals surface area contributed by atoms with Crippen LogP contribution in [-0.2, 0) is 9.63 Å². The summed E-state index contributed by atoms with van der Waals surface area (Å²) in [4.78, 5) is 27.8.